The average molecular weight is 373 g/mol. The zero-order valence-electron chi connectivity index (χ0n) is 12.5. The van der Waals surface area contributed by atoms with Crippen LogP contribution in [0.25, 0.3) is 17.0 Å². The van der Waals surface area contributed by atoms with Crippen LogP contribution >= 0.6 is 15.9 Å². The van der Waals surface area contributed by atoms with Gasteiger partial charge in [-0.1, -0.05) is 15.9 Å². The van der Waals surface area contributed by atoms with Gasteiger partial charge < -0.3 is 4.42 Å². The molecule has 0 amide bonds. The Labute approximate surface area is 140 Å². The van der Waals surface area contributed by atoms with Crippen LogP contribution in [0, 0.1) is 6.92 Å². The lowest BCUT2D eigenvalue weighted by atomic mass is 10.1. The van der Waals surface area contributed by atoms with Crippen molar-refractivity contribution in [3.05, 3.63) is 68.3 Å². The predicted octanol–water partition coefficient (Wildman–Crippen LogP) is 3.49. The number of rotatable bonds is 3. The fraction of sp³-hybridized carbons (Fsp3) is 0.118. The summed E-state index contributed by atoms with van der Waals surface area (Å²) in [4.78, 5) is 24.3. The van der Waals surface area contributed by atoms with Gasteiger partial charge in [0.2, 0.25) is 0 Å². The number of allylic oxidation sites excluding steroid dienone is 1. The van der Waals surface area contributed by atoms with E-state index in [9.17, 15) is 9.59 Å². The maximum Gasteiger partial charge on any atom is 0.347 e. The first-order valence-electron chi connectivity index (χ1n) is 6.90. The van der Waals surface area contributed by atoms with Gasteiger partial charge in [-0.3, -0.25) is 9.48 Å². The molecule has 0 atom stereocenters. The summed E-state index contributed by atoms with van der Waals surface area (Å²) >= 11 is 3.36. The Morgan fingerprint density at radius 1 is 1.35 bits per heavy atom. The highest BCUT2D eigenvalue weighted by atomic mass is 79.9. The van der Waals surface area contributed by atoms with Crippen molar-refractivity contribution in [2.24, 2.45) is 7.05 Å². The summed E-state index contributed by atoms with van der Waals surface area (Å²) in [5.41, 5.74) is 1.45. The van der Waals surface area contributed by atoms with Crippen LogP contribution in [0.3, 0.4) is 0 Å². The van der Waals surface area contributed by atoms with Crippen molar-refractivity contribution in [1.29, 1.82) is 0 Å². The van der Waals surface area contributed by atoms with Gasteiger partial charge in [-0.2, -0.15) is 5.10 Å². The lowest BCUT2D eigenvalue weighted by Gasteiger charge is -2.00. The Morgan fingerprint density at radius 3 is 2.83 bits per heavy atom. The SMILES string of the molecule is Cc1nn(C)cc1C=CC(=O)c1cc2cc(Br)ccc2oc1=O. The minimum atomic E-state index is -0.641. The Morgan fingerprint density at radius 2 is 2.13 bits per heavy atom. The number of hydrogen-bond acceptors (Lipinski definition) is 4. The van der Waals surface area contributed by atoms with Crippen LogP contribution in [0.4, 0.5) is 0 Å². The number of carbonyl (C=O) groups excluding carboxylic acids is 1. The summed E-state index contributed by atoms with van der Waals surface area (Å²) in [6.45, 7) is 1.85. The number of fused-ring (bicyclic) bond motifs is 1. The van der Waals surface area contributed by atoms with Crippen LogP contribution in [-0.4, -0.2) is 15.6 Å². The van der Waals surface area contributed by atoms with Gasteiger partial charge in [0.25, 0.3) is 0 Å². The molecule has 0 N–H and O–H groups in total. The van der Waals surface area contributed by atoms with E-state index in [2.05, 4.69) is 21.0 Å². The molecule has 0 aliphatic rings. The van der Waals surface area contributed by atoms with Crippen molar-refractivity contribution in [3.8, 4) is 0 Å². The second kappa shape index (κ2) is 5.96. The number of benzene rings is 1. The molecule has 2 aromatic heterocycles. The van der Waals surface area contributed by atoms with Crippen LogP contribution in [0.5, 0.6) is 0 Å². The second-order valence-corrected chi connectivity index (χ2v) is 6.09. The summed E-state index contributed by atoms with van der Waals surface area (Å²) in [6, 6.07) is 6.81. The topological polar surface area (TPSA) is 65.1 Å². The van der Waals surface area contributed by atoms with Gasteiger partial charge in [0.05, 0.1) is 5.69 Å². The molecule has 0 saturated carbocycles. The third kappa shape index (κ3) is 3.17. The molecule has 0 aliphatic heterocycles. The van der Waals surface area contributed by atoms with Gasteiger partial charge >= 0.3 is 5.63 Å². The van der Waals surface area contributed by atoms with Crippen LogP contribution in [0.1, 0.15) is 21.6 Å². The molecule has 0 radical (unpaired) electrons. The first-order chi connectivity index (χ1) is 10.9. The van der Waals surface area contributed by atoms with Gasteiger partial charge in [0, 0.05) is 28.7 Å². The van der Waals surface area contributed by atoms with E-state index in [1.54, 1.807) is 41.2 Å². The number of hydrogen-bond donors (Lipinski definition) is 0. The lowest BCUT2D eigenvalue weighted by molar-refractivity contribution is 0.104. The highest BCUT2D eigenvalue weighted by molar-refractivity contribution is 9.10. The molecule has 23 heavy (non-hydrogen) atoms. The first kappa shape index (κ1) is 15.4. The molecular formula is C17H13BrN2O3. The number of aromatic nitrogens is 2. The number of carbonyl (C=O) groups is 1. The summed E-state index contributed by atoms with van der Waals surface area (Å²) in [6.07, 6.45) is 4.81. The third-order valence-corrected chi connectivity index (χ3v) is 3.92. The van der Waals surface area contributed by atoms with E-state index in [4.69, 9.17) is 4.42 Å². The monoisotopic (exact) mass is 372 g/mol. The van der Waals surface area contributed by atoms with E-state index in [1.807, 2.05) is 14.0 Å². The Bertz CT molecular complexity index is 999. The van der Waals surface area contributed by atoms with Crippen molar-refractivity contribution in [3.63, 3.8) is 0 Å². The molecule has 5 nitrogen and oxygen atoms in total. The Kier molecular flexibility index (Phi) is 4.00. The summed E-state index contributed by atoms with van der Waals surface area (Å²) in [7, 11) is 1.81. The van der Waals surface area contributed by atoms with Crippen molar-refractivity contribution < 1.29 is 9.21 Å². The normalized spacial score (nSPS) is 11.4. The van der Waals surface area contributed by atoms with Crippen LogP contribution in [0.15, 0.2) is 50.2 Å². The van der Waals surface area contributed by atoms with Gasteiger partial charge in [0.1, 0.15) is 11.1 Å². The minimum absolute atomic E-state index is 0.00777. The predicted molar refractivity (Wildman–Crippen MR) is 91.5 cm³/mol. The number of ketones is 1. The fourth-order valence-electron chi connectivity index (χ4n) is 2.30. The van der Waals surface area contributed by atoms with Crippen molar-refractivity contribution in [2.75, 3.05) is 0 Å². The maximum absolute atomic E-state index is 12.3. The highest BCUT2D eigenvalue weighted by Gasteiger charge is 2.12. The zero-order valence-corrected chi connectivity index (χ0v) is 14.1. The van der Waals surface area contributed by atoms with E-state index in [-0.39, 0.29) is 5.56 Å². The van der Waals surface area contributed by atoms with E-state index in [0.29, 0.717) is 11.0 Å². The van der Waals surface area contributed by atoms with E-state index in [1.165, 1.54) is 6.08 Å². The standard InChI is InChI=1S/C17H13BrN2O3/c1-10-11(9-20(2)19-10)3-5-15(21)14-8-12-7-13(18)4-6-16(12)23-17(14)22/h3-9H,1-2H3. The average Bonchev–Trinajstić information content (AvgIpc) is 2.82. The molecule has 0 aliphatic carbocycles. The fourth-order valence-corrected chi connectivity index (χ4v) is 2.68. The number of nitrogens with zero attached hydrogens (tertiary/aromatic N) is 2. The Balaban J connectivity index is 1.99. The molecule has 116 valence electrons. The first-order valence-corrected chi connectivity index (χ1v) is 7.69. The molecule has 1 aromatic carbocycles. The van der Waals surface area contributed by atoms with Gasteiger partial charge in [-0.05, 0) is 43.3 Å². The quantitative estimate of drug-likeness (QED) is 0.401. The lowest BCUT2D eigenvalue weighted by Crippen LogP contribution is -2.11. The molecule has 3 rings (SSSR count). The van der Waals surface area contributed by atoms with Gasteiger partial charge in [0.15, 0.2) is 5.78 Å². The summed E-state index contributed by atoms with van der Waals surface area (Å²) in [5.74, 6) is -0.399. The highest BCUT2D eigenvalue weighted by Crippen LogP contribution is 2.19. The molecular weight excluding hydrogens is 360 g/mol. The van der Waals surface area contributed by atoms with Crippen LogP contribution in [-0.2, 0) is 7.05 Å². The molecule has 0 unspecified atom stereocenters. The largest absolute Gasteiger partial charge is 0.422 e. The molecule has 3 aromatic rings. The zero-order chi connectivity index (χ0) is 16.6. The molecule has 6 heteroatoms. The van der Waals surface area contributed by atoms with Crippen LogP contribution < -0.4 is 5.63 Å². The molecule has 0 bridgehead atoms. The van der Waals surface area contributed by atoms with E-state index < -0.39 is 11.4 Å². The van der Waals surface area contributed by atoms with Crippen molar-refractivity contribution >= 4 is 38.8 Å². The van der Waals surface area contributed by atoms with Gasteiger partial charge in [-0.15, -0.1) is 0 Å². The van der Waals surface area contributed by atoms with Crippen molar-refractivity contribution in [2.45, 2.75) is 6.92 Å². The van der Waals surface area contributed by atoms with Crippen LogP contribution in [0.2, 0.25) is 0 Å². The minimum Gasteiger partial charge on any atom is -0.422 e. The second-order valence-electron chi connectivity index (χ2n) is 5.17. The molecule has 0 saturated heterocycles. The number of halogens is 1. The van der Waals surface area contributed by atoms with Crippen molar-refractivity contribution in [1.82, 2.24) is 9.78 Å². The summed E-state index contributed by atoms with van der Waals surface area (Å²) < 4.78 is 7.72. The summed E-state index contributed by atoms with van der Waals surface area (Å²) in [5, 5.41) is 4.89. The van der Waals surface area contributed by atoms with E-state index in [0.717, 1.165) is 15.7 Å². The maximum atomic E-state index is 12.3. The molecule has 2 heterocycles. The smallest absolute Gasteiger partial charge is 0.347 e. The molecule has 0 spiro atoms. The molecule has 0 fully saturated rings. The van der Waals surface area contributed by atoms with Gasteiger partial charge in [-0.25, -0.2) is 4.79 Å². The number of aryl methyl sites for hydroxylation is 2. The van der Waals surface area contributed by atoms with E-state index >= 15 is 0 Å². The third-order valence-electron chi connectivity index (χ3n) is 3.43. The Hall–Kier alpha value is -2.47.